The minimum absolute atomic E-state index is 0.0109. The van der Waals surface area contributed by atoms with Gasteiger partial charge in [0.25, 0.3) is 0 Å². The molecule has 0 saturated heterocycles. The average Bonchev–Trinajstić information content (AvgIpc) is 2.95. The first-order valence-corrected chi connectivity index (χ1v) is 7.42. The van der Waals surface area contributed by atoms with Crippen molar-refractivity contribution in [2.24, 2.45) is 5.92 Å². The van der Waals surface area contributed by atoms with Crippen LogP contribution < -0.4 is 5.32 Å². The third-order valence-electron chi connectivity index (χ3n) is 3.17. The zero-order valence-electron chi connectivity index (χ0n) is 11.6. The molecule has 1 amide bonds. The van der Waals surface area contributed by atoms with Gasteiger partial charge in [-0.3, -0.25) is 9.59 Å². The van der Waals surface area contributed by atoms with Crippen LogP contribution in [0.4, 0.5) is 0 Å². The molecule has 1 aromatic rings. The minimum Gasteiger partial charge on any atom is -0.480 e. The van der Waals surface area contributed by atoms with Crippen LogP contribution in [0.15, 0.2) is 17.5 Å². The number of hydrogen-bond donors (Lipinski definition) is 2. The number of amides is 1. The molecule has 0 bridgehead atoms. The maximum absolute atomic E-state index is 11.7. The summed E-state index contributed by atoms with van der Waals surface area (Å²) in [5, 5.41) is 13.4. The molecule has 0 aliphatic heterocycles. The SMILES string of the molecule is CCC(C)C(NC(=O)CCC(=O)c1cccs1)C(=O)O. The van der Waals surface area contributed by atoms with Gasteiger partial charge in [0.05, 0.1) is 4.88 Å². The second-order valence-corrected chi connectivity index (χ2v) is 5.62. The Balaban J connectivity index is 2.46. The largest absolute Gasteiger partial charge is 0.480 e. The Morgan fingerprint density at radius 2 is 2.05 bits per heavy atom. The van der Waals surface area contributed by atoms with E-state index < -0.39 is 17.9 Å². The summed E-state index contributed by atoms with van der Waals surface area (Å²) in [6, 6.07) is 2.59. The van der Waals surface area contributed by atoms with Gasteiger partial charge in [0.15, 0.2) is 5.78 Å². The molecule has 1 rings (SSSR count). The normalized spacial score (nSPS) is 13.5. The zero-order valence-corrected chi connectivity index (χ0v) is 12.4. The molecule has 0 radical (unpaired) electrons. The Kier molecular flexibility index (Phi) is 6.38. The summed E-state index contributed by atoms with van der Waals surface area (Å²) in [6.45, 7) is 3.64. The van der Waals surface area contributed by atoms with E-state index in [2.05, 4.69) is 5.32 Å². The Morgan fingerprint density at radius 3 is 2.55 bits per heavy atom. The molecule has 0 aliphatic rings. The molecule has 0 fully saturated rings. The fraction of sp³-hybridized carbons (Fsp3) is 0.500. The number of carboxylic acid groups (broad SMARTS) is 1. The first-order chi connectivity index (χ1) is 9.45. The van der Waals surface area contributed by atoms with E-state index >= 15 is 0 Å². The van der Waals surface area contributed by atoms with Gasteiger partial charge in [-0.2, -0.15) is 0 Å². The molecule has 2 N–H and O–H groups in total. The standard InChI is InChI=1S/C14H19NO4S/c1-3-9(2)13(14(18)19)15-12(17)7-6-10(16)11-5-4-8-20-11/h4-5,8-9,13H,3,6-7H2,1-2H3,(H,15,17)(H,18,19). The molecule has 6 heteroatoms. The van der Waals surface area contributed by atoms with Gasteiger partial charge in [0, 0.05) is 12.8 Å². The number of carbonyl (C=O) groups excluding carboxylic acids is 2. The van der Waals surface area contributed by atoms with Crippen molar-refractivity contribution in [1.82, 2.24) is 5.32 Å². The van der Waals surface area contributed by atoms with E-state index in [1.807, 2.05) is 6.92 Å². The third-order valence-corrected chi connectivity index (χ3v) is 4.08. The van der Waals surface area contributed by atoms with Crippen molar-refractivity contribution in [3.63, 3.8) is 0 Å². The van der Waals surface area contributed by atoms with Gasteiger partial charge in [0.1, 0.15) is 6.04 Å². The Hall–Kier alpha value is -1.69. The van der Waals surface area contributed by atoms with Crippen LogP contribution in [0.25, 0.3) is 0 Å². The maximum Gasteiger partial charge on any atom is 0.326 e. The lowest BCUT2D eigenvalue weighted by Gasteiger charge is -2.19. The summed E-state index contributed by atoms with van der Waals surface area (Å²) in [5.74, 6) is -1.69. The highest BCUT2D eigenvalue weighted by atomic mass is 32.1. The maximum atomic E-state index is 11.7. The van der Waals surface area contributed by atoms with E-state index in [0.29, 0.717) is 11.3 Å². The highest BCUT2D eigenvalue weighted by Crippen LogP contribution is 2.13. The first-order valence-electron chi connectivity index (χ1n) is 6.54. The van der Waals surface area contributed by atoms with Gasteiger partial charge < -0.3 is 10.4 Å². The summed E-state index contributed by atoms with van der Waals surface area (Å²) in [6.07, 6.45) is 0.765. The Labute approximate surface area is 122 Å². The second-order valence-electron chi connectivity index (χ2n) is 4.67. The molecule has 110 valence electrons. The molecule has 1 aromatic heterocycles. The van der Waals surface area contributed by atoms with E-state index in [9.17, 15) is 14.4 Å². The monoisotopic (exact) mass is 297 g/mol. The van der Waals surface area contributed by atoms with Crippen LogP contribution in [-0.4, -0.2) is 28.8 Å². The van der Waals surface area contributed by atoms with Crippen molar-refractivity contribution in [2.75, 3.05) is 0 Å². The molecule has 0 aromatic carbocycles. The van der Waals surface area contributed by atoms with Crippen LogP contribution >= 0.6 is 11.3 Å². The third kappa shape index (κ3) is 4.77. The summed E-state index contributed by atoms with van der Waals surface area (Å²) in [5.41, 5.74) is 0. The highest BCUT2D eigenvalue weighted by Gasteiger charge is 2.25. The predicted octanol–water partition coefficient (Wildman–Crippen LogP) is 2.33. The lowest BCUT2D eigenvalue weighted by Crippen LogP contribution is -2.45. The number of carboxylic acids is 1. The van der Waals surface area contributed by atoms with Gasteiger partial charge >= 0.3 is 5.97 Å². The van der Waals surface area contributed by atoms with Crippen molar-refractivity contribution < 1.29 is 19.5 Å². The molecule has 20 heavy (non-hydrogen) atoms. The molecule has 2 atom stereocenters. The van der Waals surface area contributed by atoms with Gasteiger partial charge in [-0.15, -0.1) is 11.3 Å². The molecule has 0 spiro atoms. The fourth-order valence-corrected chi connectivity index (χ4v) is 2.41. The van der Waals surface area contributed by atoms with Crippen LogP contribution in [0.3, 0.4) is 0 Å². The van der Waals surface area contributed by atoms with Crippen LogP contribution in [0.5, 0.6) is 0 Å². The summed E-state index contributed by atoms with van der Waals surface area (Å²) in [4.78, 5) is 35.2. The van der Waals surface area contributed by atoms with Crippen molar-refractivity contribution in [3.05, 3.63) is 22.4 Å². The zero-order chi connectivity index (χ0) is 15.1. The number of Topliss-reactive ketones (excluding diaryl/α,β-unsaturated/α-hetero) is 1. The lowest BCUT2D eigenvalue weighted by molar-refractivity contribution is -0.143. The van der Waals surface area contributed by atoms with E-state index in [1.165, 1.54) is 11.3 Å². The van der Waals surface area contributed by atoms with Crippen molar-refractivity contribution >= 4 is 29.0 Å². The molecule has 2 unspecified atom stereocenters. The number of rotatable bonds is 8. The molecular formula is C14H19NO4S. The van der Waals surface area contributed by atoms with Gasteiger partial charge in [-0.1, -0.05) is 26.3 Å². The average molecular weight is 297 g/mol. The minimum atomic E-state index is -1.04. The van der Waals surface area contributed by atoms with Crippen LogP contribution in [0.2, 0.25) is 0 Å². The molecule has 0 aliphatic carbocycles. The number of aliphatic carboxylic acids is 1. The fourth-order valence-electron chi connectivity index (χ4n) is 1.72. The smallest absolute Gasteiger partial charge is 0.326 e. The summed E-state index contributed by atoms with van der Waals surface area (Å²) in [7, 11) is 0. The summed E-state index contributed by atoms with van der Waals surface area (Å²) < 4.78 is 0. The lowest BCUT2D eigenvalue weighted by atomic mass is 9.99. The van der Waals surface area contributed by atoms with Gasteiger partial charge in [-0.05, 0) is 17.4 Å². The number of thiophene rings is 1. The van der Waals surface area contributed by atoms with Gasteiger partial charge in [0.2, 0.25) is 5.91 Å². The number of carbonyl (C=O) groups is 3. The summed E-state index contributed by atoms with van der Waals surface area (Å²) >= 11 is 1.33. The van der Waals surface area contributed by atoms with Crippen LogP contribution in [0.1, 0.15) is 42.8 Å². The topological polar surface area (TPSA) is 83.5 Å². The predicted molar refractivity (Wildman–Crippen MR) is 76.9 cm³/mol. The van der Waals surface area contributed by atoms with E-state index in [1.54, 1.807) is 24.4 Å². The number of ketones is 1. The highest BCUT2D eigenvalue weighted by molar-refractivity contribution is 7.12. The van der Waals surface area contributed by atoms with Crippen molar-refractivity contribution in [1.29, 1.82) is 0 Å². The van der Waals surface area contributed by atoms with Gasteiger partial charge in [-0.25, -0.2) is 4.79 Å². The van der Waals surface area contributed by atoms with E-state index in [4.69, 9.17) is 5.11 Å². The molecule has 1 heterocycles. The molecule has 0 saturated carbocycles. The Bertz CT molecular complexity index is 470. The molecule has 5 nitrogen and oxygen atoms in total. The molecular weight excluding hydrogens is 278 g/mol. The van der Waals surface area contributed by atoms with E-state index in [0.717, 1.165) is 0 Å². The van der Waals surface area contributed by atoms with Crippen LogP contribution in [0, 0.1) is 5.92 Å². The van der Waals surface area contributed by atoms with Crippen molar-refractivity contribution in [2.45, 2.75) is 39.2 Å². The van der Waals surface area contributed by atoms with E-state index in [-0.39, 0.29) is 24.5 Å². The quantitative estimate of drug-likeness (QED) is 0.721. The Morgan fingerprint density at radius 1 is 1.35 bits per heavy atom. The second kappa shape index (κ2) is 7.79. The number of hydrogen-bond acceptors (Lipinski definition) is 4. The number of nitrogens with one attached hydrogen (secondary N) is 1. The first kappa shape index (κ1) is 16.4. The van der Waals surface area contributed by atoms with Crippen LogP contribution in [-0.2, 0) is 9.59 Å². The van der Waals surface area contributed by atoms with Crippen molar-refractivity contribution in [3.8, 4) is 0 Å².